The minimum Gasteiger partial charge on any atom is -0.308 e. The third-order valence-corrected chi connectivity index (χ3v) is 5.54. The van der Waals surface area contributed by atoms with Gasteiger partial charge in [-0.15, -0.1) is 0 Å². The molecular formula is C14H24N4O2S. The average molecular weight is 312 g/mol. The fraction of sp³-hybridized carbons (Fsp3) is 0.643. The van der Waals surface area contributed by atoms with E-state index in [0.29, 0.717) is 18.3 Å². The van der Waals surface area contributed by atoms with Crippen molar-refractivity contribution in [3.63, 3.8) is 0 Å². The third-order valence-electron chi connectivity index (χ3n) is 4.08. The van der Waals surface area contributed by atoms with Gasteiger partial charge in [0.25, 0.3) is 0 Å². The predicted molar refractivity (Wildman–Crippen MR) is 83.0 cm³/mol. The molecule has 21 heavy (non-hydrogen) atoms. The Morgan fingerprint density at radius 3 is 2.95 bits per heavy atom. The Labute approximate surface area is 126 Å². The highest BCUT2D eigenvalue weighted by Crippen LogP contribution is 2.30. The zero-order valence-electron chi connectivity index (χ0n) is 12.4. The van der Waals surface area contributed by atoms with E-state index in [9.17, 15) is 8.42 Å². The van der Waals surface area contributed by atoms with Crippen LogP contribution in [0.2, 0.25) is 0 Å². The van der Waals surface area contributed by atoms with E-state index in [1.54, 1.807) is 0 Å². The van der Waals surface area contributed by atoms with E-state index in [2.05, 4.69) is 22.1 Å². The lowest BCUT2D eigenvalue weighted by molar-refractivity contribution is 0.271. The summed E-state index contributed by atoms with van der Waals surface area (Å²) < 4.78 is 27.1. The van der Waals surface area contributed by atoms with Crippen LogP contribution in [0, 0.1) is 11.8 Å². The van der Waals surface area contributed by atoms with E-state index in [1.807, 2.05) is 0 Å². The Kier molecular flexibility index (Phi) is 5.55. The molecule has 6 nitrogen and oxygen atoms in total. The van der Waals surface area contributed by atoms with Gasteiger partial charge in [-0.3, -0.25) is 0 Å². The van der Waals surface area contributed by atoms with Gasteiger partial charge >= 0.3 is 0 Å². The molecule has 1 aromatic rings. The molecule has 0 radical (unpaired) electrons. The van der Waals surface area contributed by atoms with Gasteiger partial charge in [0, 0.05) is 18.8 Å². The molecule has 2 unspecified atom stereocenters. The maximum absolute atomic E-state index is 12.2. The highest BCUT2D eigenvalue weighted by atomic mass is 32.2. The van der Waals surface area contributed by atoms with E-state index >= 15 is 0 Å². The van der Waals surface area contributed by atoms with Crippen molar-refractivity contribution in [1.29, 1.82) is 0 Å². The number of hydrogen-bond donors (Lipinski definition) is 3. The molecule has 2 rings (SSSR count). The van der Waals surface area contributed by atoms with Crippen LogP contribution in [0.4, 0.5) is 5.82 Å². The monoisotopic (exact) mass is 312 g/mol. The summed E-state index contributed by atoms with van der Waals surface area (Å²) in [7, 11) is -3.49. The largest absolute Gasteiger partial charge is 0.308 e. The first-order chi connectivity index (χ1) is 10.0. The van der Waals surface area contributed by atoms with Crippen molar-refractivity contribution in [3.05, 3.63) is 18.3 Å². The number of anilines is 1. The lowest BCUT2D eigenvalue weighted by atomic mass is 9.81. The molecule has 118 valence electrons. The van der Waals surface area contributed by atoms with Crippen LogP contribution in [0.1, 0.15) is 39.0 Å². The molecule has 0 saturated heterocycles. The number of nitrogen functional groups attached to an aromatic ring is 1. The minimum atomic E-state index is -3.49. The number of aromatic nitrogens is 1. The lowest BCUT2D eigenvalue weighted by Crippen LogP contribution is -2.27. The number of rotatable bonds is 6. The number of nitrogens with one attached hydrogen (secondary N) is 2. The molecule has 1 fully saturated rings. The van der Waals surface area contributed by atoms with Crippen molar-refractivity contribution in [2.24, 2.45) is 17.7 Å². The third kappa shape index (κ3) is 4.66. The minimum absolute atomic E-state index is 0.183. The number of hydrazine groups is 1. The average Bonchev–Trinajstić information content (AvgIpc) is 2.47. The first kappa shape index (κ1) is 16.2. The van der Waals surface area contributed by atoms with Gasteiger partial charge in [-0.1, -0.05) is 26.2 Å². The van der Waals surface area contributed by atoms with Gasteiger partial charge in [0.2, 0.25) is 10.0 Å². The first-order valence-electron chi connectivity index (χ1n) is 7.43. The molecule has 1 aliphatic carbocycles. The van der Waals surface area contributed by atoms with Crippen molar-refractivity contribution >= 4 is 15.8 Å². The summed E-state index contributed by atoms with van der Waals surface area (Å²) in [6.45, 7) is 2.75. The van der Waals surface area contributed by atoms with Crippen LogP contribution in [-0.2, 0) is 10.0 Å². The normalized spacial score (nSPS) is 23.0. The standard InChI is InChI=1S/C14H24N4O2S/c1-11-3-2-4-12(9-11)5-8-17-21(19,20)13-6-7-16-14(10-13)18-15/h6-7,10-12,17H,2-5,8-9,15H2,1H3,(H,16,18). The van der Waals surface area contributed by atoms with Gasteiger partial charge in [0.15, 0.2) is 0 Å². The molecule has 0 amide bonds. The zero-order chi connectivity index (χ0) is 15.3. The maximum atomic E-state index is 12.2. The summed E-state index contributed by atoms with van der Waals surface area (Å²) in [6.07, 6.45) is 7.30. The van der Waals surface area contributed by atoms with E-state index in [0.717, 1.165) is 12.3 Å². The molecule has 1 heterocycles. The Morgan fingerprint density at radius 2 is 2.24 bits per heavy atom. The Morgan fingerprint density at radius 1 is 1.43 bits per heavy atom. The highest BCUT2D eigenvalue weighted by molar-refractivity contribution is 7.89. The number of pyridine rings is 1. The molecule has 1 aliphatic rings. The van der Waals surface area contributed by atoms with E-state index in [1.165, 1.54) is 44.0 Å². The van der Waals surface area contributed by atoms with Crippen molar-refractivity contribution in [1.82, 2.24) is 9.71 Å². The molecule has 1 saturated carbocycles. The summed E-state index contributed by atoms with van der Waals surface area (Å²) in [5.74, 6) is 6.97. The second-order valence-corrected chi connectivity index (χ2v) is 7.61. The lowest BCUT2D eigenvalue weighted by Gasteiger charge is -2.26. The smallest absolute Gasteiger partial charge is 0.240 e. The fourth-order valence-electron chi connectivity index (χ4n) is 2.96. The summed E-state index contributed by atoms with van der Waals surface area (Å²) in [5.41, 5.74) is 2.35. The quantitative estimate of drug-likeness (QED) is 0.550. The summed E-state index contributed by atoms with van der Waals surface area (Å²) in [4.78, 5) is 4.09. The molecule has 4 N–H and O–H groups in total. The van der Waals surface area contributed by atoms with E-state index in [4.69, 9.17) is 5.84 Å². The highest BCUT2D eigenvalue weighted by Gasteiger charge is 2.20. The fourth-order valence-corrected chi connectivity index (χ4v) is 4.02. The first-order valence-corrected chi connectivity index (χ1v) is 8.92. The van der Waals surface area contributed by atoms with Gasteiger partial charge in [-0.2, -0.15) is 0 Å². The van der Waals surface area contributed by atoms with Crippen LogP contribution in [0.5, 0.6) is 0 Å². The molecule has 0 aromatic carbocycles. The van der Waals surface area contributed by atoms with E-state index in [-0.39, 0.29) is 4.90 Å². The van der Waals surface area contributed by atoms with Crippen LogP contribution in [-0.4, -0.2) is 19.9 Å². The van der Waals surface area contributed by atoms with Crippen LogP contribution in [0.25, 0.3) is 0 Å². The van der Waals surface area contributed by atoms with Crippen LogP contribution in [0.15, 0.2) is 23.2 Å². The van der Waals surface area contributed by atoms with Gasteiger partial charge < -0.3 is 5.43 Å². The van der Waals surface area contributed by atoms with Gasteiger partial charge in [0.05, 0.1) is 4.90 Å². The van der Waals surface area contributed by atoms with Crippen molar-refractivity contribution in [3.8, 4) is 0 Å². The molecule has 0 spiro atoms. The topological polar surface area (TPSA) is 97.1 Å². The van der Waals surface area contributed by atoms with Crippen LogP contribution >= 0.6 is 0 Å². The van der Waals surface area contributed by atoms with Crippen LogP contribution < -0.4 is 16.0 Å². The molecule has 7 heteroatoms. The second kappa shape index (κ2) is 7.20. The summed E-state index contributed by atoms with van der Waals surface area (Å²) >= 11 is 0. The van der Waals surface area contributed by atoms with Gasteiger partial charge in [-0.25, -0.2) is 24.0 Å². The number of sulfonamides is 1. The van der Waals surface area contributed by atoms with Gasteiger partial charge in [-0.05, 0) is 30.7 Å². The SMILES string of the molecule is CC1CCCC(CCNS(=O)(=O)c2ccnc(NN)c2)C1. The summed E-state index contributed by atoms with van der Waals surface area (Å²) in [5, 5.41) is 0. The van der Waals surface area contributed by atoms with Crippen molar-refractivity contribution in [2.45, 2.75) is 43.9 Å². The van der Waals surface area contributed by atoms with Crippen molar-refractivity contribution in [2.75, 3.05) is 12.0 Å². The molecule has 2 atom stereocenters. The Hall–Kier alpha value is -1.18. The molecular weight excluding hydrogens is 288 g/mol. The van der Waals surface area contributed by atoms with Crippen molar-refractivity contribution < 1.29 is 8.42 Å². The number of hydrogen-bond acceptors (Lipinski definition) is 5. The Balaban J connectivity index is 1.89. The summed E-state index contributed by atoms with van der Waals surface area (Å²) in [6, 6.07) is 2.89. The predicted octanol–water partition coefficient (Wildman–Crippen LogP) is 1.86. The second-order valence-electron chi connectivity index (χ2n) is 5.85. The molecule has 1 aromatic heterocycles. The molecule has 0 bridgehead atoms. The molecule has 0 aliphatic heterocycles. The Bertz CT molecular complexity index is 562. The van der Waals surface area contributed by atoms with Crippen LogP contribution in [0.3, 0.4) is 0 Å². The number of nitrogens with two attached hydrogens (primary N) is 1. The number of nitrogens with zero attached hydrogens (tertiary/aromatic N) is 1. The maximum Gasteiger partial charge on any atom is 0.240 e. The zero-order valence-corrected chi connectivity index (χ0v) is 13.2. The van der Waals surface area contributed by atoms with E-state index < -0.39 is 10.0 Å². The van der Waals surface area contributed by atoms with Gasteiger partial charge in [0.1, 0.15) is 5.82 Å².